The number of aryl methyl sites for hydroxylation is 1. The summed E-state index contributed by atoms with van der Waals surface area (Å²) in [5.41, 5.74) is 2.54. The number of amides is 1. The number of para-hydroxylation sites is 1. The van der Waals surface area contributed by atoms with E-state index in [1.807, 2.05) is 43.3 Å². The van der Waals surface area contributed by atoms with Crippen molar-refractivity contribution in [3.63, 3.8) is 0 Å². The fraction of sp³-hybridized carbons (Fsp3) is 0.211. The number of fused-ring (bicyclic) bond motifs is 1. The van der Waals surface area contributed by atoms with Gasteiger partial charge < -0.3 is 9.73 Å². The van der Waals surface area contributed by atoms with Crippen LogP contribution in [0.2, 0.25) is 0 Å². The third kappa shape index (κ3) is 2.47. The Morgan fingerprint density at radius 1 is 1.13 bits per heavy atom. The summed E-state index contributed by atoms with van der Waals surface area (Å²) < 4.78 is 6.81. The average Bonchev–Trinajstić information content (AvgIpc) is 3.25. The van der Waals surface area contributed by atoms with E-state index in [0.717, 1.165) is 39.4 Å². The van der Waals surface area contributed by atoms with E-state index in [9.17, 15) is 4.79 Å². The van der Waals surface area contributed by atoms with Crippen LogP contribution in [0.3, 0.4) is 0 Å². The molecule has 0 spiro atoms. The molecule has 0 aliphatic heterocycles. The van der Waals surface area contributed by atoms with E-state index in [-0.39, 0.29) is 11.4 Å². The Bertz CT molecular complexity index is 891. The number of benzene rings is 2. The minimum Gasteiger partial charge on any atom is -0.451 e. The second kappa shape index (κ2) is 5.24. The maximum Gasteiger partial charge on any atom is 0.288 e. The quantitative estimate of drug-likeness (QED) is 0.711. The van der Waals surface area contributed by atoms with Crippen molar-refractivity contribution in [2.45, 2.75) is 25.3 Å². The van der Waals surface area contributed by atoms with Crippen LogP contribution in [0.15, 0.2) is 57.4 Å². The van der Waals surface area contributed by atoms with Crippen molar-refractivity contribution in [2.24, 2.45) is 0 Å². The highest BCUT2D eigenvalue weighted by atomic mass is 79.9. The number of nitrogens with one attached hydrogen (secondary N) is 1. The van der Waals surface area contributed by atoms with Crippen LogP contribution < -0.4 is 5.32 Å². The molecule has 116 valence electrons. The number of rotatable bonds is 3. The van der Waals surface area contributed by atoms with Crippen LogP contribution in [-0.2, 0) is 5.54 Å². The first-order chi connectivity index (χ1) is 11.1. The van der Waals surface area contributed by atoms with Gasteiger partial charge in [0, 0.05) is 15.4 Å². The van der Waals surface area contributed by atoms with Crippen LogP contribution in [0.25, 0.3) is 11.0 Å². The standard InChI is InChI=1S/C19H16BrNO2/c1-12-15-4-2-3-5-16(15)23-17(12)18(22)21-19(10-11-19)13-6-8-14(20)9-7-13/h2-9H,10-11H2,1H3,(H,21,22). The van der Waals surface area contributed by atoms with Gasteiger partial charge in [-0.15, -0.1) is 0 Å². The van der Waals surface area contributed by atoms with E-state index in [4.69, 9.17) is 4.42 Å². The number of carbonyl (C=O) groups excluding carboxylic acids is 1. The minimum absolute atomic E-state index is 0.140. The van der Waals surface area contributed by atoms with Crippen LogP contribution in [0.5, 0.6) is 0 Å². The summed E-state index contributed by atoms with van der Waals surface area (Å²) >= 11 is 3.45. The van der Waals surface area contributed by atoms with E-state index in [1.165, 1.54) is 0 Å². The summed E-state index contributed by atoms with van der Waals surface area (Å²) in [6, 6.07) is 15.9. The van der Waals surface area contributed by atoms with Gasteiger partial charge in [0.2, 0.25) is 0 Å². The SMILES string of the molecule is Cc1c(C(=O)NC2(c3ccc(Br)cc3)CC2)oc2ccccc12. The second-order valence-corrected chi connectivity index (χ2v) is 7.01. The Balaban J connectivity index is 1.64. The predicted molar refractivity (Wildman–Crippen MR) is 93.5 cm³/mol. The van der Waals surface area contributed by atoms with Gasteiger partial charge in [-0.05, 0) is 43.5 Å². The van der Waals surface area contributed by atoms with E-state index in [1.54, 1.807) is 0 Å². The van der Waals surface area contributed by atoms with Crippen LogP contribution in [0, 0.1) is 6.92 Å². The number of hydrogen-bond acceptors (Lipinski definition) is 2. The second-order valence-electron chi connectivity index (χ2n) is 6.10. The first-order valence-electron chi connectivity index (χ1n) is 7.66. The van der Waals surface area contributed by atoms with E-state index >= 15 is 0 Å². The molecule has 2 aromatic carbocycles. The van der Waals surface area contributed by atoms with E-state index in [0.29, 0.717) is 5.76 Å². The third-order valence-electron chi connectivity index (χ3n) is 4.55. The number of halogens is 1. The molecule has 1 aliphatic rings. The molecule has 3 aromatic rings. The summed E-state index contributed by atoms with van der Waals surface area (Å²) in [5, 5.41) is 4.17. The first-order valence-corrected chi connectivity index (χ1v) is 8.45. The molecule has 1 aromatic heterocycles. The van der Waals surface area contributed by atoms with Gasteiger partial charge in [0.1, 0.15) is 5.58 Å². The van der Waals surface area contributed by atoms with Gasteiger partial charge in [-0.2, -0.15) is 0 Å². The van der Waals surface area contributed by atoms with Gasteiger partial charge in [0.05, 0.1) is 5.54 Å². The van der Waals surface area contributed by atoms with Crippen molar-refractivity contribution in [1.29, 1.82) is 0 Å². The van der Waals surface area contributed by atoms with Crippen LogP contribution in [0.1, 0.15) is 34.5 Å². The Hall–Kier alpha value is -2.07. The van der Waals surface area contributed by atoms with Crippen molar-refractivity contribution in [3.05, 3.63) is 69.9 Å². The number of carbonyl (C=O) groups is 1. The summed E-state index contributed by atoms with van der Waals surface area (Å²) in [5.74, 6) is 0.272. The van der Waals surface area contributed by atoms with Crippen LogP contribution in [-0.4, -0.2) is 5.91 Å². The molecule has 0 bridgehead atoms. The van der Waals surface area contributed by atoms with Gasteiger partial charge in [-0.25, -0.2) is 0 Å². The summed E-state index contributed by atoms with van der Waals surface area (Å²) in [6.07, 6.45) is 1.92. The zero-order chi connectivity index (χ0) is 16.0. The molecule has 0 radical (unpaired) electrons. The topological polar surface area (TPSA) is 42.2 Å². The van der Waals surface area contributed by atoms with Gasteiger partial charge in [-0.1, -0.05) is 46.3 Å². The zero-order valence-electron chi connectivity index (χ0n) is 12.7. The highest BCUT2D eigenvalue weighted by Gasteiger charge is 2.46. The van der Waals surface area contributed by atoms with Crippen LogP contribution >= 0.6 is 15.9 Å². The van der Waals surface area contributed by atoms with Gasteiger partial charge in [-0.3, -0.25) is 4.79 Å². The van der Waals surface area contributed by atoms with E-state index in [2.05, 4.69) is 33.4 Å². The number of furan rings is 1. The van der Waals surface area contributed by atoms with Gasteiger partial charge >= 0.3 is 0 Å². The van der Waals surface area contributed by atoms with Gasteiger partial charge in [0.25, 0.3) is 5.91 Å². The van der Waals surface area contributed by atoms with Crippen molar-refractivity contribution in [2.75, 3.05) is 0 Å². The average molecular weight is 370 g/mol. The largest absolute Gasteiger partial charge is 0.451 e. The molecule has 0 saturated heterocycles. The summed E-state index contributed by atoms with van der Waals surface area (Å²) in [7, 11) is 0. The van der Waals surface area contributed by atoms with Crippen molar-refractivity contribution >= 4 is 32.8 Å². The molecule has 3 nitrogen and oxygen atoms in total. The Kier molecular flexibility index (Phi) is 3.31. The molecule has 1 aliphatic carbocycles. The van der Waals surface area contributed by atoms with Crippen molar-refractivity contribution < 1.29 is 9.21 Å². The Morgan fingerprint density at radius 3 is 2.48 bits per heavy atom. The molecule has 0 unspecified atom stereocenters. The molecule has 1 fully saturated rings. The lowest BCUT2D eigenvalue weighted by atomic mass is 10.0. The molecule has 4 heteroatoms. The molecular weight excluding hydrogens is 354 g/mol. The molecular formula is C19H16BrNO2. The maximum atomic E-state index is 12.7. The smallest absolute Gasteiger partial charge is 0.288 e. The van der Waals surface area contributed by atoms with E-state index < -0.39 is 0 Å². The molecule has 1 amide bonds. The molecule has 1 N–H and O–H groups in total. The fourth-order valence-corrected chi connectivity index (χ4v) is 3.31. The minimum atomic E-state index is -0.247. The predicted octanol–water partition coefficient (Wildman–Crippen LogP) is 4.92. The lowest BCUT2D eigenvalue weighted by Gasteiger charge is -2.17. The fourth-order valence-electron chi connectivity index (χ4n) is 3.04. The van der Waals surface area contributed by atoms with Gasteiger partial charge in [0.15, 0.2) is 5.76 Å². The monoisotopic (exact) mass is 369 g/mol. The van der Waals surface area contributed by atoms with Crippen LogP contribution in [0.4, 0.5) is 0 Å². The highest BCUT2D eigenvalue weighted by molar-refractivity contribution is 9.10. The molecule has 4 rings (SSSR count). The molecule has 0 atom stereocenters. The Labute approximate surface area is 142 Å². The van der Waals surface area contributed by atoms with Crippen molar-refractivity contribution in [3.8, 4) is 0 Å². The summed E-state index contributed by atoms with van der Waals surface area (Å²) in [4.78, 5) is 12.7. The summed E-state index contributed by atoms with van der Waals surface area (Å²) in [6.45, 7) is 1.93. The first kappa shape index (κ1) is 14.5. The number of hydrogen-bond donors (Lipinski definition) is 1. The molecule has 23 heavy (non-hydrogen) atoms. The highest BCUT2D eigenvalue weighted by Crippen LogP contribution is 2.46. The molecule has 1 saturated carbocycles. The Morgan fingerprint density at radius 2 is 1.83 bits per heavy atom. The normalized spacial score (nSPS) is 15.6. The van der Waals surface area contributed by atoms with Crippen molar-refractivity contribution in [1.82, 2.24) is 5.32 Å². The lowest BCUT2D eigenvalue weighted by molar-refractivity contribution is 0.0904. The lowest BCUT2D eigenvalue weighted by Crippen LogP contribution is -2.34. The molecule has 1 heterocycles. The third-order valence-corrected chi connectivity index (χ3v) is 5.08. The maximum absolute atomic E-state index is 12.7. The zero-order valence-corrected chi connectivity index (χ0v) is 14.3.